The van der Waals surface area contributed by atoms with Gasteiger partial charge in [0.25, 0.3) is 0 Å². The number of rotatable bonds is 6. The molecule has 0 saturated carbocycles. The lowest BCUT2D eigenvalue weighted by atomic mass is 9.91. The molecule has 24 heavy (non-hydrogen) atoms. The quantitative estimate of drug-likeness (QED) is 0.635. The van der Waals surface area contributed by atoms with E-state index >= 15 is 0 Å². The summed E-state index contributed by atoms with van der Waals surface area (Å²) in [7, 11) is 1.98. The van der Waals surface area contributed by atoms with E-state index in [2.05, 4.69) is 69.8 Å². The molecule has 0 aliphatic carbocycles. The molecular formula is C21H18BrNO. The van der Waals surface area contributed by atoms with E-state index in [4.69, 9.17) is 4.74 Å². The van der Waals surface area contributed by atoms with E-state index in [9.17, 15) is 0 Å². The lowest BCUT2D eigenvalue weighted by Gasteiger charge is -2.18. The number of nitrogens with one attached hydrogen (secondary N) is 1. The van der Waals surface area contributed by atoms with Crippen LogP contribution in [0.3, 0.4) is 0 Å². The van der Waals surface area contributed by atoms with Gasteiger partial charge in [-0.05, 0) is 66.7 Å². The normalized spacial score (nSPS) is 11.6. The Labute approximate surface area is 151 Å². The maximum Gasteiger partial charge on any atom is 0.177 e. The van der Waals surface area contributed by atoms with Crippen LogP contribution in [-0.4, -0.2) is 13.6 Å². The van der Waals surface area contributed by atoms with E-state index < -0.39 is 0 Å². The molecule has 2 nitrogen and oxygen atoms in total. The summed E-state index contributed by atoms with van der Waals surface area (Å²) in [5.74, 6) is 1.77. The van der Waals surface area contributed by atoms with E-state index in [0.29, 0.717) is 11.7 Å². The van der Waals surface area contributed by atoms with Crippen LogP contribution >= 0.6 is 15.9 Å². The van der Waals surface area contributed by atoms with Gasteiger partial charge < -0.3 is 10.1 Å². The zero-order valence-corrected chi connectivity index (χ0v) is 15.0. The van der Waals surface area contributed by atoms with Crippen molar-refractivity contribution in [2.75, 3.05) is 13.6 Å². The minimum atomic E-state index is 0.300. The fourth-order valence-corrected chi connectivity index (χ4v) is 2.88. The highest BCUT2D eigenvalue weighted by Crippen LogP contribution is 2.28. The van der Waals surface area contributed by atoms with E-state index in [1.165, 1.54) is 11.1 Å². The molecule has 0 fully saturated rings. The molecular weight excluding hydrogens is 362 g/mol. The number of hydrogen-bond donors (Lipinski definition) is 1. The predicted molar refractivity (Wildman–Crippen MR) is 101 cm³/mol. The third-order valence-corrected chi connectivity index (χ3v) is 4.34. The number of hydrogen-bond acceptors (Lipinski definition) is 2. The molecule has 0 spiro atoms. The molecule has 3 heteroatoms. The van der Waals surface area contributed by atoms with Crippen LogP contribution in [0.1, 0.15) is 17.0 Å². The summed E-state index contributed by atoms with van der Waals surface area (Å²) in [5, 5.41) is 3.28. The molecule has 3 rings (SSSR count). The fourth-order valence-electron chi connectivity index (χ4n) is 2.62. The highest BCUT2D eigenvalue weighted by atomic mass is 79.9. The van der Waals surface area contributed by atoms with Crippen LogP contribution in [0.25, 0.3) is 0 Å². The summed E-state index contributed by atoms with van der Waals surface area (Å²) < 4.78 is 6.88. The summed E-state index contributed by atoms with van der Waals surface area (Å²) in [5.41, 5.74) is 2.54. The second kappa shape index (κ2) is 8.01. The predicted octanol–water partition coefficient (Wildman–Crippen LogP) is 5.19. The lowest BCUT2D eigenvalue weighted by Crippen LogP contribution is -2.18. The molecule has 0 saturated heterocycles. The van der Waals surface area contributed by atoms with Crippen molar-refractivity contribution >= 4 is 15.9 Å². The first kappa shape index (κ1) is 16.6. The Kier molecular flexibility index (Phi) is 5.53. The van der Waals surface area contributed by atoms with Crippen molar-refractivity contribution in [3.05, 3.63) is 94.5 Å². The summed E-state index contributed by atoms with van der Waals surface area (Å²) in [6, 6.07) is 28.1. The van der Waals surface area contributed by atoms with Gasteiger partial charge in [0, 0.05) is 16.9 Å². The average Bonchev–Trinajstić information content (AvgIpc) is 2.62. The molecule has 3 aromatic rings. The number of likely N-dealkylation sites (N-methyl/N-ethyl adjacent to an activating group) is 1. The van der Waals surface area contributed by atoms with Crippen LogP contribution in [0.5, 0.6) is 11.5 Å². The van der Waals surface area contributed by atoms with Gasteiger partial charge in [0.2, 0.25) is 0 Å². The highest BCUT2D eigenvalue weighted by molar-refractivity contribution is 9.10. The second-order valence-corrected chi connectivity index (χ2v) is 6.41. The first-order valence-corrected chi connectivity index (χ1v) is 8.62. The van der Waals surface area contributed by atoms with Crippen LogP contribution < -0.4 is 10.1 Å². The Morgan fingerprint density at radius 2 is 1.67 bits per heavy atom. The van der Waals surface area contributed by atoms with Crippen molar-refractivity contribution < 1.29 is 4.74 Å². The third kappa shape index (κ3) is 4.17. The monoisotopic (exact) mass is 379 g/mol. The van der Waals surface area contributed by atoms with Crippen molar-refractivity contribution in [1.82, 2.24) is 5.32 Å². The molecule has 0 aromatic heterocycles. The molecule has 0 bridgehead atoms. The standard InChI is InChI=1S/C21H18BrNO/c1-23-15-21(16-7-11-18(22)12-8-16)17-9-13-20(14-10-17)24-19-5-3-2-4-6-19/h2-3,5,7-14,21,23H,15H2,1H3. The second-order valence-electron chi connectivity index (χ2n) is 5.49. The number of halogens is 1. The van der Waals surface area contributed by atoms with Crippen molar-refractivity contribution in [1.29, 1.82) is 0 Å². The molecule has 0 amide bonds. The van der Waals surface area contributed by atoms with E-state index in [-0.39, 0.29) is 0 Å². The first-order chi connectivity index (χ1) is 11.8. The Balaban J connectivity index is 1.80. The molecule has 120 valence electrons. The molecule has 0 radical (unpaired) electrons. The van der Waals surface area contributed by atoms with E-state index in [0.717, 1.165) is 16.8 Å². The Morgan fingerprint density at radius 1 is 1.00 bits per heavy atom. The Bertz CT molecular complexity index is 754. The molecule has 3 aromatic carbocycles. The molecule has 1 unspecified atom stereocenters. The smallest absolute Gasteiger partial charge is 0.177 e. The maximum absolute atomic E-state index is 5.79. The van der Waals surface area contributed by atoms with Gasteiger partial charge in [0.05, 0.1) is 0 Å². The maximum atomic E-state index is 5.79. The van der Waals surface area contributed by atoms with Crippen molar-refractivity contribution in [2.24, 2.45) is 0 Å². The highest BCUT2D eigenvalue weighted by Gasteiger charge is 2.13. The minimum absolute atomic E-state index is 0.300. The van der Waals surface area contributed by atoms with Gasteiger partial charge in [0.15, 0.2) is 5.75 Å². The van der Waals surface area contributed by atoms with Crippen molar-refractivity contribution in [2.45, 2.75) is 5.92 Å². The molecule has 0 aliphatic heterocycles. The average molecular weight is 380 g/mol. The lowest BCUT2D eigenvalue weighted by molar-refractivity contribution is 0.482. The van der Waals surface area contributed by atoms with Gasteiger partial charge in [-0.3, -0.25) is 0 Å². The van der Waals surface area contributed by atoms with Gasteiger partial charge in [-0.1, -0.05) is 46.3 Å². The third-order valence-electron chi connectivity index (χ3n) is 3.81. The SMILES string of the molecule is CNCC(c1ccc(Br)cc1)c1ccc(Oc2c#cccc2)cc1. The van der Waals surface area contributed by atoms with Crippen molar-refractivity contribution in [3.63, 3.8) is 0 Å². The van der Waals surface area contributed by atoms with Gasteiger partial charge in [-0.25, -0.2) is 0 Å². The largest absolute Gasteiger partial charge is 0.448 e. The number of ether oxygens (including phenoxy) is 1. The van der Waals surface area contributed by atoms with Gasteiger partial charge >= 0.3 is 0 Å². The van der Waals surface area contributed by atoms with Crippen LogP contribution in [0.15, 0.2) is 71.2 Å². The number of benzene rings is 2. The zero-order valence-electron chi connectivity index (χ0n) is 13.4. The van der Waals surface area contributed by atoms with Crippen LogP contribution in [0.2, 0.25) is 0 Å². The van der Waals surface area contributed by atoms with Crippen LogP contribution in [0.4, 0.5) is 0 Å². The summed E-state index contributed by atoms with van der Waals surface area (Å²) >= 11 is 3.49. The summed E-state index contributed by atoms with van der Waals surface area (Å²) in [6.07, 6.45) is 0. The van der Waals surface area contributed by atoms with Gasteiger partial charge in [0.1, 0.15) is 5.75 Å². The first-order valence-electron chi connectivity index (χ1n) is 7.82. The summed E-state index contributed by atoms with van der Waals surface area (Å²) in [6.45, 7) is 0.878. The molecule has 1 atom stereocenters. The van der Waals surface area contributed by atoms with Crippen molar-refractivity contribution in [3.8, 4) is 11.5 Å². The zero-order chi connectivity index (χ0) is 16.8. The van der Waals surface area contributed by atoms with Crippen LogP contribution in [0, 0.1) is 12.1 Å². The minimum Gasteiger partial charge on any atom is -0.448 e. The van der Waals surface area contributed by atoms with Gasteiger partial charge in [-0.15, -0.1) is 0 Å². The van der Waals surface area contributed by atoms with E-state index in [1.54, 1.807) is 6.07 Å². The van der Waals surface area contributed by atoms with E-state index in [1.807, 2.05) is 31.3 Å². The Hall–Kier alpha value is -2.28. The summed E-state index contributed by atoms with van der Waals surface area (Å²) in [4.78, 5) is 0. The molecule has 0 heterocycles. The van der Waals surface area contributed by atoms with Crippen LogP contribution in [-0.2, 0) is 0 Å². The molecule has 1 N–H and O–H groups in total. The fraction of sp³-hybridized carbons (Fsp3) is 0.143. The molecule has 0 aliphatic rings. The topological polar surface area (TPSA) is 21.3 Å². The van der Waals surface area contributed by atoms with Gasteiger partial charge in [-0.2, -0.15) is 0 Å². The Morgan fingerprint density at radius 3 is 2.25 bits per heavy atom.